The Kier molecular flexibility index (Phi) is 5.57. The first kappa shape index (κ1) is 19.4. The van der Waals surface area contributed by atoms with Crippen LogP contribution >= 0.6 is 0 Å². The normalized spacial score (nSPS) is 10.7. The molecule has 1 heterocycles. The summed E-state index contributed by atoms with van der Waals surface area (Å²) in [6, 6.07) is 22.1. The molecule has 0 unspecified atom stereocenters. The summed E-state index contributed by atoms with van der Waals surface area (Å²) in [5.74, 6) is -0.201. The van der Waals surface area contributed by atoms with Gasteiger partial charge in [0.15, 0.2) is 6.61 Å². The molecule has 0 radical (unpaired) electrons. The van der Waals surface area contributed by atoms with Crippen molar-refractivity contribution in [2.75, 3.05) is 11.9 Å². The third-order valence-electron chi connectivity index (χ3n) is 4.64. The fourth-order valence-electron chi connectivity index (χ4n) is 3.23. The number of nitrogens with one attached hydrogen (secondary N) is 1. The number of benzene rings is 3. The molecule has 150 valence electrons. The molecule has 5 nitrogen and oxygen atoms in total. The number of hydrogen-bond acceptors (Lipinski definition) is 3. The smallest absolute Gasteiger partial charge is 0.244 e. The van der Waals surface area contributed by atoms with Crippen LogP contribution in [0.2, 0.25) is 0 Å². The van der Waals surface area contributed by atoms with Crippen LogP contribution in [0.15, 0.2) is 85.1 Å². The Morgan fingerprint density at radius 3 is 2.37 bits per heavy atom. The Labute approximate surface area is 172 Å². The van der Waals surface area contributed by atoms with Crippen molar-refractivity contribution in [1.29, 1.82) is 0 Å². The van der Waals surface area contributed by atoms with Crippen molar-refractivity contribution in [1.82, 2.24) is 4.57 Å². The van der Waals surface area contributed by atoms with Crippen LogP contribution in [0.3, 0.4) is 0 Å². The fourth-order valence-corrected chi connectivity index (χ4v) is 3.23. The lowest BCUT2D eigenvalue weighted by atomic mass is 10.1. The number of ketones is 1. The average molecular weight is 402 g/mol. The Hall–Kier alpha value is -3.93. The highest BCUT2D eigenvalue weighted by Gasteiger charge is 2.17. The molecule has 3 aromatic carbocycles. The van der Waals surface area contributed by atoms with E-state index in [-0.39, 0.29) is 30.7 Å². The molecular weight excluding hydrogens is 383 g/mol. The van der Waals surface area contributed by atoms with Gasteiger partial charge in [0.2, 0.25) is 11.7 Å². The molecule has 0 aliphatic heterocycles. The van der Waals surface area contributed by atoms with Gasteiger partial charge < -0.3 is 14.6 Å². The zero-order valence-electron chi connectivity index (χ0n) is 16.0. The number of Topliss-reactive ketones (excluding diaryl/α,β-unsaturated/α-hetero) is 1. The molecule has 1 amide bonds. The summed E-state index contributed by atoms with van der Waals surface area (Å²) in [4.78, 5) is 25.2. The lowest BCUT2D eigenvalue weighted by Gasteiger charge is -2.07. The fraction of sp³-hybridized carbons (Fsp3) is 0.0833. The van der Waals surface area contributed by atoms with Crippen LogP contribution in [0.1, 0.15) is 10.4 Å². The van der Waals surface area contributed by atoms with Gasteiger partial charge in [0.1, 0.15) is 18.1 Å². The van der Waals surface area contributed by atoms with Crippen molar-refractivity contribution in [3.8, 4) is 5.75 Å². The quantitative estimate of drug-likeness (QED) is 0.457. The van der Waals surface area contributed by atoms with Crippen molar-refractivity contribution in [3.63, 3.8) is 0 Å². The van der Waals surface area contributed by atoms with Crippen molar-refractivity contribution in [2.45, 2.75) is 6.54 Å². The zero-order chi connectivity index (χ0) is 20.9. The Bertz CT molecular complexity index is 1180. The van der Waals surface area contributed by atoms with Gasteiger partial charge in [-0.2, -0.15) is 0 Å². The van der Waals surface area contributed by atoms with Crippen LogP contribution < -0.4 is 10.1 Å². The Balaban J connectivity index is 1.52. The molecule has 4 aromatic rings. The summed E-state index contributed by atoms with van der Waals surface area (Å²) in [7, 11) is 0. The Morgan fingerprint density at radius 1 is 0.900 bits per heavy atom. The van der Waals surface area contributed by atoms with E-state index in [9.17, 15) is 14.0 Å². The number of fused-ring (bicyclic) bond motifs is 1. The minimum atomic E-state index is -0.370. The second-order valence-corrected chi connectivity index (χ2v) is 6.77. The van der Waals surface area contributed by atoms with E-state index in [2.05, 4.69) is 5.32 Å². The van der Waals surface area contributed by atoms with E-state index in [1.165, 1.54) is 24.3 Å². The summed E-state index contributed by atoms with van der Waals surface area (Å²) in [5.41, 5.74) is 1.77. The van der Waals surface area contributed by atoms with Crippen molar-refractivity contribution in [2.24, 2.45) is 0 Å². The molecule has 0 saturated heterocycles. The molecule has 0 spiro atoms. The molecule has 0 aliphatic rings. The lowest BCUT2D eigenvalue weighted by Crippen LogP contribution is -2.18. The molecular formula is C24H19FN2O3. The predicted octanol–water partition coefficient (Wildman–Crippen LogP) is 4.68. The molecule has 1 N–H and O–H groups in total. The number of amides is 1. The van der Waals surface area contributed by atoms with Gasteiger partial charge >= 0.3 is 0 Å². The average Bonchev–Trinajstić information content (AvgIpc) is 3.13. The first-order valence-electron chi connectivity index (χ1n) is 9.44. The molecule has 4 rings (SSSR count). The van der Waals surface area contributed by atoms with E-state index < -0.39 is 0 Å². The van der Waals surface area contributed by atoms with Crippen molar-refractivity contribution >= 4 is 28.3 Å². The summed E-state index contributed by atoms with van der Waals surface area (Å²) < 4.78 is 20.3. The number of nitrogens with zero attached hydrogens (tertiary/aromatic N) is 1. The molecule has 0 saturated carbocycles. The van der Waals surface area contributed by atoms with Crippen LogP contribution in [0.5, 0.6) is 5.75 Å². The van der Waals surface area contributed by atoms with Gasteiger partial charge in [0.05, 0.1) is 0 Å². The van der Waals surface area contributed by atoms with Gasteiger partial charge in [-0.25, -0.2) is 4.39 Å². The molecule has 6 heteroatoms. The van der Waals surface area contributed by atoms with Crippen LogP contribution in [0.4, 0.5) is 10.1 Å². The van der Waals surface area contributed by atoms with Gasteiger partial charge in [-0.3, -0.25) is 9.59 Å². The van der Waals surface area contributed by atoms with E-state index in [0.29, 0.717) is 17.0 Å². The molecule has 0 bridgehead atoms. The highest BCUT2D eigenvalue weighted by Crippen LogP contribution is 2.22. The maximum Gasteiger partial charge on any atom is 0.244 e. The summed E-state index contributed by atoms with van der Waals surface area (Å²) in [6.07, 6.45) is 1.67. The van der Waals surface area contributed by atoms with E-state index in [0.717, 1.165) is 10.9 Å². The number of hydrogen-bond donors (Lipinski definition) is 1. The van der Waals surface area contributed by atoms with E-state index >= 15 is 0 Å². The van der Waals surface area contributed by atoms with Gasteiger partial charge in [0, 0.05) is 28.4 Å². The van der Waals surface area contributed by atoms with Gasteiger partial charge in [-0.15, -0.1) is 0 Å². The van der Waals surface area contributed by atoms with Crippen molar-refractivity contribution in [3.05, 3.63) is 96.4 Å². The monoisotopic (exact) mass is 402 g/mol. The number of rotatable bonds is 7. The second kappa shape index (κ2) is 8.61. The first-order valence-corrected chi connectivity index (χ1v) is 9.44. The summed E-state index contributed by atoms with van der Waals surface area (Å²) in [6.45, 7) is -0.0789. The minimum absolute atomic E-state index is 0.0186. The third-order valence-corrected chi connectivity index (χ3v) is 4.64. The van der Waals surface area contributed by atoms with Gasteiger partial charge in [-0.1, -0.05) is 36.4 Å². The molecule has 0 fully saturated rings. The van der Waals surface area contributed by atoms with Crippen LogP contribution in [0.25, 0.3) is 10.9 Å². The lowest BCUT2D eigenvalue weighted by molar-refractivity contribution is -0.116. The minimum Gasteiger partial charge on any atom is -0.485 e. The maximum atomic E-state index is 13.0. The number of aromatic nitrogens is 1. The number of ether oxygens (including phenoxy) is 1. The number of anilines is 1. The van der Waals surface area contributed by atoms with Crippen LogP contribution in [0, 0.1) is 5.82 Å². The largest absolute Gasteiger partial charge is 0.485 e. The topological polar surface area (TPSA) is 60.3 Å². The maximum absolute atomic E-state index is 13.0. The van der Waals surface area contributed by atoms with Gasteiger partial charge in [-0.05, 0) is 42.5 Å². The predicted molar refractivity (Wildman–Crippen MR) is 113 cm³/mol. The molecule has 30 heavy (non-hydrogen) atoms. The number of carbonyl (C=O) groups excluding carboxylic acids is 2. The number of halogens is 1. The zero-order valence-corrected chi connectivity index (χ0v) is 16.0. The SMILES string of the molecule is O=C(Cn1cc(C(=O)COc2ccccc2)c2ccccc21)Nc1ccc(F)cc1. The van der Waals surface area contributed by atoms with Crippen LogP contribution in [-0.2, 0) is 11.3 Å². The van der Waals surface area contributed by atoms with Crippen molar-refractivity contribution < 1.29 is 18.7 Å². The standard InChI is InChI=1S/C24H19FN2O3/c25-17-10-12-18(13-11-17)26-24(29)15-27-14-21(20-8-4-5-9-22(20)27)23(28)16-30-19-6-2-1-3-7-19/h1-14H,15-16H2,(H,26,29). The molecule has 1 aromatic heterocycles. The highest BCUT2D eigenvalue weighted by atomic mass is 19.1. The van der Waals surface area contributed by atoms with E-state index in [1.807, 2.05) is 42.5 Å². The third kappa shape index (κ3) is 4.38. The van der Waals surface area contributed by atoms with Crippen LogP contribution in [-0.4, -0.2) is 22.9 Å². The number of carbonyl (C=O) groups is 2. The van der Waals surface area contributed by atoms with Gasteiger partial charge in [0.25, 0.3) is 0 Å². The Morgan fingerprint density at radius 2 is 1.60 bits per heavy atom. The van der Waals surface area contributed by atoms with E-state index in [4.69, 9.17) is 4.74 Å². The number of para-hydroxylation sites is 2. The summed E-state index contributed by atoms with van der Waals surface area (Å²) >= 11 is 0. The molecule has 0 atom stereocenters. The first-order chi connectivity index (χ1) is 14.6. The second-order valence-electron chi connectivity index (χ2n) is 6.77. The van der Waals surface area contributed by atoms with E-state index in [1.54, 1.807) is 22.9 Å². The highest BCUT2D eigenvalue weighted by molar-refractivity contribution is 6.09. The molecule has 0 aliphatic carbocycles. The summed E-state index contributed by atoms with van der Waals surface area (Å²) in [5, 5.41) is 3.49.